The minimum absolute atomic E-state index is 0.0262. The van der Waals surface area contributed by atoms with E-state index in [-0.39, 0.29) is 16.9 Å². The predicted molar refractivity (Wildman–Crippen MR) is 108 cm³/mol. The molecule has 0 aliphatic carbocycles. The van der Waals surface area contributed by atoms with Crippen molar-refractivity contribution in [2.75, 3.05) is 13.2 Å². The average molecular weight is 360 g/mol. The highest BCUT2D eigenvalue weighted by Crippen LogP contribution is 2.48. The largest absolute Gasteiger partial charge is 0.375 e. The van der Waals surface area contributed by atoms with Crippen LogP contribution < -0.4 is 0 Å². The van der Waals surface area contributed by atoms with E-state index >= 15 is 0 Å². The van der Waals surface area contributed by atoms with Gasteiger partial charge in [0.1, 0.15) is 0 Å². The van der Waals surface area contributed by atoms with Crippen molar-refractivity contribution in [1.82, 2.24) is 4.90 Å². The lowest BCUT2D eigenvalue weighted by Crippen LogP contribution is -2.47. The molecule has 3 heteroatoms. The van der Waals surface area contributed by atoms with Crippen LogP contribution in [0.1, 0.15) is 72.3 Å². The Bertz CT molecular complexity index is 571. The molecule has 1 amide bonds. The van der Waals surface area contributed by atoms with Crippen LogP contribution in [0.25, 0.3) is 0 Å². The molecule has 1 saturated heterocycles. The van der Waals surface area contributed by atoms with Gasteiger partial charge in [0.15, 0.2) is 0 Å². The molecular formula is C23H37NO2. The highest BCUT2D eigenvalue weighted by atomic mass is 16.5. The van der Waals surface area contributed by atoms with E-state index in [9.17, 15) is 4.79 Å². The van der Waals surface area contributed by atoms with Gasteiger partial charge in [0.05, 0.1) is 5.60 Å². The van der Waals surface area contributed by atoms with Crippen molar-refractivity contribution >= 4 is 5.91 Å². The zero-order valence-corrected chi connectivity index (χ0v) is 17.4. The first kappa shape index (κ1) is 21.0. The zero-order chi connectivity index (χ0) is 19.2. The molecule has 0 aromatic heterocycles. The minimum atomic E-state index is -0.0262. The topological polar surface area (TPSA) is 29.5 Å². The summed E-state index contributed by atoms with van der Waals surface area (Å²) in [5.41, 5.74) is 1.44. The Kier molecular flexibility index (Phi) is 7.28. The van der Waals surface area contributed by atoms with Gasteiger partial charge < -0.3 is 9.64 Å². The monoisotopic (exact) mass is 359 g/mol. The van der Waals surface area contributed by atoms with Gasteiger partial charge in [-0.05, 0) is 49.5 Å². The number of amides is 1. The second kappa shape index (κ2) is 9.03. The number of carbonyl (C=O) groups is 1. The third kappa shape index (κ3) is 5.09. The average Bonchev–Trinajstić information content (AvgIpc) is 2.65. The van der Waals surface area contributed by atoms with Gasteiger partial charge in [0, 0.05) is 26.1 Å². The lowest BCUT2D eigenvalue weighted by Gasteiger charge is -2.49. The van der Waals surface area contributed by atoms with Crippen LogP contribution in [-0.4, -0.2) is 29.6 Å². The molecule has 2 atom stereocenters. The van der Waals surface area contributed by atoms with Crippen LogP contribution in [0.2, 0.25) is 0 Å². The van der Waals surface area contributed by atoms with Crippen molar-refractivity contribution in [3.63, 3.8) is 0 Å². The summed E-state index contributed by atoms with van der Waals surface area (Å²) < 4.78 is 6.11. The molecule has 3 nitrogen and oxygen atoms in total. The number of hydrogen-bond donors (Lipinski definition) is 0. The quantitative estimate of drug-likeness (QED) is 0.619. The van der Waals surface area contributed by atoms with E-state index in [1.807, 2.05) is 25.1 Å². The summed E-state index contributed by atoms with van der Waals surface area (Å²) in [7, 11) is 0. The van der Waals surface area contributed by atoms with Gasteiger partial charge in [-0.15, -0.1) is 0 Å². The molecule has 0 radical (unpaired) electrons. The van der Waals surface area contributed by atoms with E-state index in [4.69, 9.17) is 4.74 Å². The molecule has 1 heterocycles. The maximum Gasteiger partial charge on any atom is 0.222 e. The molecule has 0 spiro atoms. The maximum atomic E-state index is 12.5. The fourth-order valence-electron chi connectivity index (χ4n) is 4.28. The molecule has 1 aliphatic rings. The third-order valence-electron chi connectivity index (χ3n) is 6.50. The lowest BCUT2D eigenvalue weighted by molar-refractivity contribution is -0.140. The van der Waals surface area contributed by atoms with E-state index in [1.54, 1.807) is 0 Å². The fraction of sp³-hybridized carbons (Fsp3) is 0.696. The standard InChI is InChI=1S/C23H37NO2/c1-6-21(25)24(17-20-11-9-8-10-12-20)15-13-23(19(3)4)14-16-26-22(5,7-2)18-23/h8-12,19H,6-7,13-18H2,1-5H3/t22-,23-/m1/s1. The zero-order valence-electron chi connectivity index (χ0n) is 17.4. The number of benzene rings is 1. The summed E-state index contributed by atoms with van der Waals surface area (Å²) in [6.07, 6.45) is 4.86. The molecule has 0 unspecified atom stereocenters. The second-order valence-electron chi connectivity index (χ2n) is 8.50. The Morgan fingerprint density at radius 2 is 1.92 bits per heavy atom. The normalized spacial score (nSPS) is 26.1. The number of rotatable bonds is 8. The highest BCUT2D eigenvalue weighted by molar-refractivity contribution is 5.75. The molecule has 26 heavy (non-hydrogen) atoms. The van der Waals surface area contributed by atoms with E-state index in [1.165, 1.54) is 5.56 Å². The smallest absolute Gasteiger partial charge is 0.222 e. The van der Waals surface area contributed by atoms with E-state index in [2.05, 4.69) is 44.7 Å². The maximum absolute atomic E-state index is 12.5. The Balaban J connectivity index is 2.12. The van der Waals surface area contributed by atoms with E-state index < -0.39 is 0 Å². The molecular weight excluding hydrogens is 322 g/mol. The summed E-state index contributed by atoms with van der Waals surface area (Å²) in [5, 5.41) is 0. The number of carbonyl (C=O) groups excluding carboxylic acids is 1. The van der Waals surface area contributed by atoms with Crippen LogP contribution in [-0.2, 0) is 16.1 Å². The second-order valence-corrected chi connectivity index (χ2v) is 8.50. The SMILES string of the molecule is CCC(=O)N(CC[C@@]1(C(C)C)CCO[C@](C)(CC)C1)Cc1ccccc1. The molecule has 0 saturated carbocycles. The van der Waals surface area contributed by atoms with Crippen LogP contribution in [0.15, 0.2) is 30.3 Å². The number of nitrogens with zero attached hydrogens (tertiary/aromatic N) is 1. The summed E-state index contributed by atoms with van der Waals surface area (Å²) >= 11 is 0. The summed E-state index contributed by atoms with van der Waals surface area (Å²) in [6, 6.07) is 10.3. The Morgan fingerprint density at radius 3 is 2.50 bits per heavy atom. The molecule has 1 fully saturated rings. The van der Waals surface area contributed by atoms with Gasteiger partial charge in [-0.2, -0.15) is 0 Å². The van der Waals surface area contributed by atoms with Crippen molar-refractivity contribution < 1.29 is 9.53 Å². The van der Waals surface area contributed by atoms with Crippen LogP contribution in [0.4, 0.5) is 0 Å². The summed E-state index contributed by atoms with van der Waals surface area (Å²) in [5.74, 6) is 0.839. The van der Waals surface area contributed by atoms with Crippen molar-refractivity contribution in [2.45, 2.75) is 78.9 Å². The van der Waals surface area contributed by atoms with Gasteiger partial charge in [-0.1, -0.05) is 58.0 Å². The van der Waals surface area contributed by atoms with Gasteiger partial charge >= 0.3 is 0 Å². The highest BCUT2D eigenvalue weighted by Gasteiger charge is 2.44. The van der Waals surface area contributed by atoms with Crippen LogP contribution >= 0.6 is 0 Å². The summed E-state index contributed by atoms with van der Waals surface area (Å²) in [6.45, 7) is 13.5. The van der Waals surface area contributed by atoms with Crippen molar-refractivity contribution in [2.24, 2.45) is 11.3 Å². The van der Waals surface area contributed by atoms with Crippen LogP contribution in [0.5, 0.6) is 0 Å². The molecule has 1 aromatic carbocycles. The van der Waals surface area contributed by atoms with Gasteiger partial charge in [0.25, 0.3) is 0 Å². The number of ether oxygens (including phenoxy) is 1. The first-order valence-electron chi connectivity index (χ1n) is 10.3. The predicted octanol–water partition coefficient (Wildman–Crippen LogP) is 5.44. The minimum Gasteiger partial charge on any atom is -0.375 e. The van der Waals surface area contributed by atoms with Crippen molar-refractivity contribution in [3.8, 4) is 0 Å². The number of hydrogen-bond acceptors (Lipinski definition) is 2. The van der Waals surface area contributed by atoms with Gasteiger partial charge in [-0.25, -0.2) is 0 Å². The van der Waals surface area contributed by atoms with Crippen molar-refractivity contribution in [1.29, 1.82) is 0 Å². The molecule has 146 valence electrons. The Labute approximate surface area is 160 Å². The third-order valence-corrected chi connectivity index (χ3v) is 6.50. The van der Waals surface area contributed by atoms with Crippen LogP contribution in [0, 0.1) is 11.3 Å². The first-order valence-corrected chi connectivity index (χ1v) is 10.3. The first-order chi connectivity index (χ1) is 12.3. The lowest BCUT2D eigenvalue weighted by atomic mass is 9.64. The Hall–Kier alpha value is -1.35. The van der Waals surface area contributed by atoms with Gasteiger partial charge in [-0.3, -0.25) is 4.79 Å². The van der Waals surface area contributed by atoms with Gasteiger partial charge in [0.2, 0.25) is 5.91 Å². The molecule has 1 aromatic rings. The van der Waals surface area contributed by atoms with Crippen LogP contribution in [0.3, 0.4) is 0 Å². The summed E-state index contributed by atoms with van der Waals surface area (Å²) in [4.78, 5) is 14.6. The molecule has 0 bridgehead atoms. The Morgan fingerprint density at radius 1 is 1.23 bits per heavy atom. The fourth-order valence-corrected chi connectivity index (χ4v) is 4.28. The molecule has 1 aliphatic heterocycles. The van der Waals surface area contributed by atoms with E-state index in [0.717, 1.165) is 38.8 Å². The van der Waals surface area contributed by atoms with E-state index in [0.29, 0.717) is 18.9 Å². The molecule has 2 rings (SSSR count). The van der Waals surface area contributed by atoms with Crippen molar-refractivity contribution in [3.05, 3.63) is 35.9 Å². The molecule has 0 N–H and O–H groups in total.